The summed E-state index contributed by atoms with van der Waals surface area (Å²) in [5.41, 5.74) is 1.14. The van der Waals surface area contributed by atoms with Crippen LogP contribution in [0.1, 0.15) is 41.9 Å². The van der Waals surface area contributed by atoms with Gasteiger partial charge >= 0.3 is 5.97 Å². The van der Waals surface area contributed by atoms with E-state index < -0.39 is 5.97 Å². The first-order chi connectivity index (χ1) is 10.6. The minimum atomic E-state index is -1.05. The van der Waals surface area contributed by atoms with Crippen LogP contribution in [0.5, 0.6) is 0 Å². The second-order valence-electron chi connectivity index (χ2n) is 4.93. The van der Waals surface area contributed by atoms with E-state index in [9.17, 15) is 9.59 Å². The molecule has 1 aromatic heterocycles. The summed E-state index contributed by atoms with van der Waals surface area (Å²) in [6, 6.07) is 11.1. The standard InChI is InChI=1S/C16H19N3O3/c1-2-13(12-6-4-3-5-7-12)18-15(20)9-11-19-14(16(21)22)8-10-17-19/h3-8,10,13H,2,9,11H2,1H3,(H,18,20)(H,21,22). The lowest BCUT2D eigenvalue weighted by Crippen LogP contribution is -2.29. The molecular formula is C16H19N3O3. The van der Waals surface area contributed by atoms with E-state index in [1.165, 1.54) is 16.9 Å². The SMILES string of the molecule is CCC(NC(=O)CCn1nccc1C(=O)O)c1ccccc1. The molecule has 0 spiro atoms. The molecule has 1 heterocycles. The van der Waals surface area contributed by atoms with Gasteiger partial charge in [-0.3, -0.25) is 9.48 Å². The van der Waals surface area contributed by atoms with E-state index >= 15 is 0 Å². The van der Waals surface area contributed by atoms with Gasteiger partial charge in [-0.2, -0.15) is 5.10 Å². The zero-order chi connectivity index (χ0) is 15.9. The third kappa shape index (κ3) is 3.94. The van der Waals surface area contributed by atoms with Crippen LogP contribution in [0, 0.1) is 0 Å². The number of amides is 1. The number of carboxylic acid groups (broad SMARTS) is 1. The first-order valence-electron chi connectivity index (χ1n) is 7.21. The molecule has 0 fully saturated rings. The van der Waals surface area contributed by atoms with Crippen molar-refractivity contribution in [2.75, 3.05) is 0 Å². The number of rotatable bonds is 7. The van der Waals surface area contributed by atoms with Crippen molar-refractivity contribution in [3.05, 3.63) is 53.9 Å². The number of carbonyl (C=O) groups excluding carboxylic acids is 1. The monoisotopic (exact) mass is 301 g/mol. The fraction of sp³-hybridized carbons (Fsp3) is 0.312. The van der Waals surface area contributed by atoms with E-state index in [4.69, 9.17) is 5.11 Å². The van der Waals surface area contributed by atoms with Gasteiger partial charge in [-0.05, 0) is 18.1 Å². The molecule has 2 aromatic rings. The van der Waals surface area contributed by atoms with E-state index in [1.54, 1.807) is 0 Å². The molecule has 2 rings (SSSR count). The first-order valence-corrected chi connectivity index (χ1v) is 7.21. The van der Waals surface area contributed by atoms with Crippen molar-refractivity contribution in [1.82, 2.24) is 15.1 Å². The predicted molar refractivity (Wildman–Crippen MR) is 81.4 cm³/mol. The van der Waals surface area contributed by atoms with Gasteiger partial charge in [0.1, 0.15) is 5.69 Å². The highest BCUT2D eigenvalue weighted by molar-refractivity contribution is 5.85. The van der Waals surface area contributed by atoms with Gasteiger partial charge in [0, 0.05) is 12.6 Å². The normalized spacial score (nSPS) is 11.9. The highest BCUT2D eigenvalue weighted by Gasteiger charge is 2.14. The summed E-state index contributed by atoms with van der Waals surface area (Å²) in [5, 5.41) is 15.9. The van der Waals surface area contributed by atoms with Crippen LogP contribution in [0.15, 0.2) is 42.6 Å². The Kier molecular flexibility index (Phi) is 5.30. The van der Waals surface area contributed by atoms with Gasteiger partial charge in [0.15, 0.2) is 0 Å². The number of aryl methyl sites for hydroxylation is 1. The number of hydrogen-bond acceptors (Lipinski definition) is 3. The summed E-state index contributed by atoms with van der Waals surface area (Å²) in [4.78, 5) is 23.0. The van der Waals surface area contributed by atoms with Gasteiger partial charge < -0.3 is 10.4 Å². The van der Waals surface area contributed by atoms with Gasteiger partial charge in [0.25, 0.3) is 0 Å². The van der Waals surface area contributed by atoms with Gasteiger partial charge in [0.05, 0.1) is 12.6 Å². The molecule has 0 aliphatic heterocycles. The number of aromatic carboxylic acids is 1. The molecule has 0 radical (unpaired) electrons. The fourth-order valence-corrected chi connectivity index (χ4v) is 2.27. The van der Waals surface area contributed by atoms with E-state index in [-0.39, 0.29) is 30.6 Å². The van der Waals surface area contributed by atoms with Crippen molar-refractivity contribution in [1.29, 1.82) is 0 Å². The van der Waals surface area contributed by atoms with Crippen LogP contribution in [-0.4, -0.2) is 26.8 Å². The zero-order valence-corrected chi connectivity index (χ0v) is 12.4. The van der Waals surface area contributed by atoms with Crippen molar-refractivity contribution in [3.8, 4) is 0 Å². The number of nitrogens with zero attached hydrogens (tertiary/aromatic N) is 2. The van der Waals surface area contributed by atoms with E-state index in [0.29, 0.717) is 0 Å². The molecule has 6 nitrogen and oxygen atoms in total. The Labute approximate surface area is 128 Å². The molecule has 22 heavy (non-hydrogen) atoms. The summed E-state index contributed by atoms with van der Waals surface area (Å²) < 4.78 is 1.32. The average Bonchev–Trinajstić information content (AvgIpc) is 3.00. The maximum absolute atomic E-state index is 12.1. The summed E-state index contributed by atoms with van der Waals surface area (Å²) in [6.45, 7) is 2.25. The molecule has 0 bridgehead atoms. The summed E-state index contributed by atoms with van der Waals surface area (Å²) in [5.74, 6) is -1.17. The largest absolute Gasteiger partial charge is 0.477 e. The molecule has 0 aliphatic rings. The van der Waals surface area contributed by atoms with Gasteiger partial charge in [-0.15, -0.1) is 0 Å². The van der Waals surface area contributed by atoms with Crippen LogP contribution in [0.2, 0.25) is 0 Å². The zero-order valence-electron chi connectivity index (χ0n) is 12.4. The van der Waals surface area contributed by atoms with Gasteiger partial charge in [0.2, 0.25) is 5.91 Å². The lowest BCUT2D eigenvalue weighted by atomic mass is 10.0. The molecule has 1 aromatic carbocycles. The number of aromatic nitrogens is 2. The Balaban J connectivity index is 1.92. The van der Waals surface area contributed by atoms with Crippen LogP contribution in [0.25, 0.3) is 0 Å². The minimum absolute atomic E-state index is 0.0368. The second kappa shape index (κ2) is 7.40. The lowest BCUT2D eigenvalue weighted by Gasteiger charge is -2.17. The Bertz CT molecular complexity index is 637. The maximum Gasteiger partial charge on any atom is 0.354 e. The van der Waals surface area contributed by atoms with Crippen LogP contribution < -0.4 is 5.32 Å². The smallest absolute Gasteiger partial charge is 0.354 e. The number of carboxylic acids is 1. The Hall–Kier alpha value is -2.63. The van der Waals surface area contributed by atoms with E-state index in [0.717, 1.165) is 12.0 Å². The number of benzene rings is 1. The summed E-state index contributed by atoms with van der Waals surface area (Å²) in [7, 11) is 0. The topological polar surface area (TPSA) is 84.2 Å². The van der Waals surface area contributed by atoms with Crippen molar-refractivity contribution >= 4 is 11.9 Å². The molecule has 0 saturated heterocycles. The highest BCUT2D eigenvalue weighted by Crippen LogP contribution is 2.16. The molecular weight excluding hydrogens is 282 g/mol. The molecule has 6 heteroatoms. The molecule has 1 unspecified atom stereocenters. The number of carbonyl (C=O) groups is 2. The molecule has 116 valence electrons. The summed E-state index contributed by atoms with van der Waals surface area (Å²) >= 11 is 0. The quantitative estimate of drug-likeness (QED) is 0.821. The van der Waals surface area contributed by atoms with Crippen molar-refractivity contribution in [3.63, 3.8) is 0 Å². The Morgan fingerprint density at radius 3 is 2.64 bits per heavy atom. The van der Waals surface area contributed by atoms with Gasteiger partial charge in [-0.25, -0.2) is 4.79 Å². The molecule has 1 amide bonds. The second-order valence-corrected chi connectivity index (χ2v) is 4.93. The number of hydrogen-bond donors (Lipinski definition) is 2. The van der Waals surface area contributed by atoms with Crippen LogP contribution in [0.3, 0.4) is 0 Å². The van der Waals surface area contributed by atoms with Gasteiger partial charge in [-0.1, -0.05) is 37.3 Å². The van der Waals surface area contributed by atoms with E-state index in [2.05, 4.69) is 10.4 Å². The van der Waals surface area contributed by atoms with Crippen LogP contribution in [0.4, 0.5) is 0 Å². The molecule has 2 N–H and O–H groups in total. The lowest BCUT2D eigenvalue weighted by molar-refractivity contribution is -0.122. The highest BCUT2D eigenvalue weighted by atomic mass is 16.4. The van der Waals surface area contributed by atoms with Crippen molar-refractivity contribution in [2.45, 2.75) is 32.4 Å². The molecule has 0 aliphatic carbocycles. The Morgan fingerprint density at radius 1 is 1.27 bits per heavy atom. The van der Waals surface area contributed by atoms with Crippen molar-refractivity contribution < 1.29 is 14.7 Å². The molecule has 1 atom stereocenters. The third-order valence-corrected chi connectivity index (χ3v) is 3.43. The van der Waals surface area contributed by atoms with Crippen LogP contribution >= 0.6 is 0 Å². The summed E-state index contributed by atoms with van der Waals surface area (Å²) in [6.07, 6.45) is 2.39. The first kappa shape index (κ1) is 15.8. The van der Waals surface area contributed by atoms with Crippen LogP contribution in [-0.2, 0) is 11.3 Å². The van der Waals surface area contributed by atoms with Crippen molar-refractivity contribution in [2.24, 2.45) is 0 Å². The fourth-order valence-electron chi connectivity index (χ4n) is 2.27. The Morgan fingerprint density at radius 2 is 2.00 bits per heavy atom. The third-order valence-electron chi connectivity index (χ3n) is 3.43. The predicted octanol–water partition coefficient (Wildman–Crippen LogP) is 2.24. The molecule has 0 saturated carbocycles. The maximum atomic E-state index is 12.1. The number of nitrogens with one attached hydrogen (secondary N) is 1. The average molecular weight is 301 g/mol. The van der Waals surface area contributed by atoms with E-state index in [1.807, 2.05) is 37.3 Å². The minimum Gasteiger partial charge on any atom is -0.477 e.